The van der Waals surface area contributed by atoms with Crippen LogP contribution in [0.2, 0.25) is 0 Å². The van der Waals surface area contributed by atoms with Gasteiger partial charge in [-0.2, -0.15) is 5.10 Å². The number of carboxylic acid groups (broad SMARTS) is 1. The predicted molar refractivity (Wildman–Crippen MR) is 67.4 cm³/mol. The van der Waals surface area contributed by atoms with Crippen molar-refractivity contribution < 1.29 is 24.2 Å². The third-order valence-electron chi connectivity index (χ3n) is 2.09. The number of carboxylic acids is 1. The maximum Gasteiger partial charge on any atom is 0.351 e. The van der Waals surface area contributed by atoms with Crippen LogP contribution in [0.15, 0.2) is 29.4 Å². The number of carbonyl (C=O) groups excluding carboxylic acids is 1. The van der Waals surface area contributed by atoms with Crippen molar-refractivity contribution in [1.82, 2.24) is 5.43 Å². The Morgan fingerprint density at radius 3 is 2.37 bits per heavy atom. The van der Waals surface area contributed by atoms with Crippen LogP contribution < -0.4 is 14.9 Å². The van der Waals surface area contributed by atoms with Gasteiger partial charge in [-0.25, -0.2) is 10.2 Å². The second-order valence-electron chi connectivity index (χ2n) is 3.50. The van der Waals surface area contributed by atoms with Gasteiger partial charge in [0, 0.05) is 0 Å². The third-order valence-corrected chi connectivity index (χ3v) is 2.09. The number of nitrogens with zero attached hydrogens (tertiary/aromatic N) is 1. The van der Waals surface area contributed by atoms with Crippen molar-refractivity contribution in [3.63, 3.8) is 0 Å². The lowest BCUT2D eigenvalue weighted by atomic mass is 10.3. The lowest BCUT2D eigenvalue weighted by Crippen LogP contribution is -2.26. The Labute approximate surface area is 109 Å². The van der Waals surface area contributed by atoms with E-state index in [9.17, 15) is 9.59 Å². The summed E-state index contributed by atoms with van der Waals surface area (Å²) in [6, 6.07) is 6.69. The highest BCUT2D eigenvalue weighted by Crippen LogP contribution is 2.16. The molecule has 2 N–H and O–H groups in total. The number of methoxy groups -OCH3 is 1. The van der Waals surface area contributed by atoms with E-state index < -0.39 is 11.9 Å². The number of benzene rings is 1. The Bertz CT molecular complexity index is 481. The molecule has 1 amide bonds. The largest absolute Gasteiger partial charge is 0.497 e. The van der Waals surface area contributed by atoms with E-state index in [-0.39, 0.29) is 12.3 Å². The third kappa shape index (κ3) is 5.07. The first kappa shape index (κ1) is 14.5. The molecule has 1 aromatic rings. The number of rotatable bonds is 6. The maximum absolute atomic E-state index is 11.3. The molecule has 0 bridgehead atoms. The molecule has 0 aliphatic carbocycles. The number of hydrazone groups is 1. The highest BCUT2D eigenvalue weighted by molar-refractivity contribution is 6.34. The number of nitrogens with one attached hydrogen (secondary N) is 1. The molecule has 1 aromatic carbocycles. The first-order valence-electron chi connectivity index (χ1n) is 5.36. The fraction of sp³-hybridized carbons (Fsp3) is 0.250. The van der Waals surface area contributed by atoms with Gasteiger partial charge in [0.25, 0.3) is 5.91 Å². The number of amides is 1. The summed E-state index contributed by atoms with van der Waals surface area (Å²) in [5.41, 5.74) is 1.86. The van der Waals surface area contributed by atoms with Gasteiger partial charge in [0.05, 0.1) is 7.11 Å². The fourth-order valence-corrected chi connectivity index (χ4v) is 1.05. The first-order chi connectivity index (χ1) is 9.02. The minimum atomic E-state index is -1.20. The van der Waals surface area contributed by atoms with Gasteiger partial charge in [0.1, 0.15) is 17.2 Å². The van der Waals surface area contributed by atoms with Gasteiger partial charge in [0.15, 0.2) is 6.61 Å². The average Bonchev–Trinajstić information content (AvgIpc) is 2.42. The van der Waals surface area contributed by atoms with Crippen LogP contribution in [-0.2, 0) is 9.59 Å². The Balaban J connectivity index is 2.41. The van der Waals surface area contributed by atoms with Crippen LogP contribution in [0, 0.1) is 0 Å². The normalized spacial score (nSPS) is 10.7. The molecule has 0 radical (unpaired) electrons. The number of ether oxygens (including phenoxy) is 2. The Morgan fingerprint density at radius 2 is 1.84 bits per heavy atom. The van der Waals surface area contributed by atoms with E-state index in [1.54, 1.807) is 31.4 Å². The molecule has 1 rings (SSSR count). The molecule has 0 heterocycles. The van der Waals surface area contributed by atoms with E-state index in [0.29, 0.717) is 11.5 Å². The van der Waals surface area contributed by atoms with Gasteiger partial charge < -0.3 is 14.6 Å². The number of aliphatic carboxylic acids is 1. The molecule has 19 heavy (non-hydrogen) atoms. The van der Waals surface area contributed by atoms with Crippen molar-refractivity contribution in [2.75, 3.05) is 13.7 Å². The van der Waals surface area contributed by atoms with Gasteiger partial charge in [-0.15, -0.1) is 0 Å². The summed E-state index contributed by atoms with van der Waals surface area (Å²) in [6.07, 6.45) is 0. The highest BCUT2D eigenvalue weighted by Gasteiger charge is 2.05. The maximum atomic E-state index is 11.3. The zero-order valence-corrected chi connectivity index (χ0v) is 10.5. The zero-order valence-electron chi connectivity index (χ0n) is 10.5. The molecule has 0 aromatic heterocycles. The minimum absolute atomic E-state index is 0.210. The van der Waals surface area contributed by atoms with Gasteiger partial charge in [-0.05, 0) is 31.2 Å². The Hall–Kier alpha value is -2.57. The van der Waals surface area contributed by atoms with Crippen LogP contribution >= 0.6 is 0 Å². The van der Waals surface area contributed by atoms with Crippen LogP contribution in [-0.4, -0.2) is 36.4 Å². The van der Waals surface area contributed by atoms with Crippen molar-refractivity contribution in [2.24, 2.45) is 5.10 Å². The van der Waals surface area contributed by atoms with Crippen molar-refractivity contribution in [3.05, 3.63) is 24.3 Å². The van der Waals surface area contributed by atoms with Crippen molar-refractivity contribution >= 4 is 17.6 Å². The molecular formula is C12H14N2O5. The summed E-state index contributed by atoms with van der Waals surface area (Å²) in [6.45, 7) is 1.01. The van der Waals surface area contributed by atoms with E-state index in [2.05, 4.69) is 10.5 Å². The second-order valence-corrected chi connectivity index (χ2v) is 3.50. The Morgan fingerprint density at radius 1 is 1.26 bits per heavy atom. The van der Waals surface area contributed by atoms with E-state index in [4.69, 9.17) is 14.6 Å². The molecule has 0 saturated carbocycles. The van der Waals surface area contributed by atoms with Crippen molar-refractivity contribution in [1.29, 1.82) is 0 Å². The highest BCUT2D eigenvalue weighted by atomic mass is 16.5. The van der Waals surface area contributed by atoms with Gasteiger partial charge in [-0.3, -0.25) is 4.79 Å². The minimum Gasteiger partial charge on any atom is -0.497 e. The molecule has 0 saturated heterocycles. The van der Waals surface area contributed by atoms with Crippen LogP contribution in [0.3, 0.4) is 0 Å². The molecule has 0 atom stereocenters. The first-order valence-corrected chi connectivity index (χ1v) is 5.36. The molecule has 0 aliphatic rings. The number of hydrogen-bond acceptors (Lipinski definition) is 5. The topological polar surface area (TPSA) is 97.2 Å². The average molecular weight is 266 g/mol. The summed E-state index contributed by atoms with van der Waals surface area (Å²) in [4.78, 5) is 21.7. The fourth-order valence-electron chi connectivity index (χ4n) is 1.05. The molecule has 0 unspecified atom stereocenters. The van der Waals surface area contributed by atoms with Gasteiger partial charge in [-0.1, -0.05) is 0 Å². The van der Waals surface area contributed by atoms with Crippen LogP contribution in [0.5, 0.6) is 11.5 Å². The molecular weight excluding hydrogens is 252 g/mol. The van der Waals surface area contributed by atoms with Crippen molar-refractivity contribution in [2.45, 2.75) is 6.92 Å². The summed E-state index contributed by atoms with van der Waals surface area (Å²) in [5.74, 6) is -0.568. The number of carbonyl (C=O) groups is 2. The lowest BCUT2D eigenvalue weighted by Gasteiger charge is -2.06. The smallest absolute Gasteiger partial charge is 0.351 e. The van der Waals surface area contributed by atoms with Crippen LogP contribution in [0.4, 0.5) is 0 Å². The molecule has 0 fully saturated rings. The van der Waals surface area contributed by atoms with Gasteiger partial charge in [0.2, 0.25) is 0 Å². The lowest BCUT2D eigenvalue weighted by molar-refractivity contribution is -0.129. The summed E-state index contributed by atoms with van der Waals surface area (Å²) >= 11 is 0. The SMILES string of the molecule is COc1ccc(OCC(=O)NN=C(C)C(=O)O)cc1. The molecule has 7 nitrogen and oxygen atoms in total. The monoisotopic (exact) mass is 266 g/mol. The van der Waals surface area contributed by atoms with E-state index in [1.165, 1.54) is 6.92 Å². The molecule has 7 heteroatoms. The van der Waals surface area contributed by atoms with Gasteiger partial charge >= 0.3 is 5.97 Å². The van der Waals surface area contributed by atoms with Crippen LogP contribution in [0.25, 0.3) is 0 Å². The standard InChI is InChI=1S/C12H14N2O5/c1-8(12(16)17)13-14-11(15)7-19-10-5-3-9(18-2)4-6-10/h3-6H,7H2,1-2H3,(H,14,15)(H,16,17). The van der Waals surface area contributed by atoms with Crippen LogP contribution in [0.1, 0.15) is 6.92 Å². The van der Waals surface area contributed by atoms with E-state index >= 15 is 0 Å². The summed E-state index contributed by atoms with van der Waals surface area (Å²) in [5, 5.41) is 11.9. The predicted octanol–water partition coefficient (Wildman–Crippen LogP) is 0.651. The second kappa shape index (κ2) is 7.00. The Kier molecular flexibility index (Phi) is 5.34. The molecule has 102 valence electrons. The van der Waals surface area contributed by atoms with E-state index in [0.717, 1.165) is 0 Å². The van der Waals surface area contributed by atoms with Crippen molar-refractivity contribution in [3.8, 4) is 11.5 Å². The zero-order chi connectivity index (χ0) is 14.3. The summed E-state index contributed by atoms with van der Waals surface area (Å²) < 4.78 is 10.1. The quantitative estimate of drug-likeness (QED) is 0.582. The summed E-state index contributed by atoms with van der Waals surface area (Å²) in [7, 11) is 1.55. The molecule has 0 spiro atoms. The van der Waals surface area contributed by atoms with E-state index in [1.807, 2.05) is 0 Å². The molecule has 0 aliphatic heterocycles. The number of hydrogen-bond donors (Lipinski definition) is 2.